The van der Waals surface area contributed by atoms with Crippen LogP contribution >= 0.6 is 0 Å². The number of ether oxygens (including phenoxy) is 1. The SMILES string of the molecule is Cc1cc(NC(=O)COC(C)(C)C)c(C)cc1N. The molecule has 1 aromatic carbocycles. The van der Waals surface area contributed by atoms with Crippen LogP contribution in [0.2, 0.25) is 0 Å². The fourth-order valence-corrected chi connectivity index (χ4v) is 1.44. The van der Waals surface area contributed by atoms with Crippen LogP contribution in [-0.4, -0.2) is 18.1 Å². The molecule has 0 bridgehead atoms. The minimum absolute atomic E-state index is 0.0480. The number of aryl methyl sites for hydroxylation is 2. The number of nitrogens with one attached hydrogen (secondary N) is 1. The van der Waals surface area contributed by atoms with Crippen LogP contribution in [0.25, 0.3) is 0 Å². The highest BCUT2D eigenvalue weighted by Crippen LogP contribution is 2.22. The molecule has 1 aromatic rings. The number of nitrogens with two attached hydrogens (primary N) is 1. The van der Waals surface area contributed by atoms with Crippen molar-refractivity contribution in [1.29, 1.82) is 0 Å². The Labute approximate surface area is 109 Å². The van der Waals surface area contributed by atoms with Gasteiger partial charge in [0.1, 0.15) is 6.61 Å². The first-order valence-corrected chi connectivity index (χ1v) is 5.99. The minimum atomic E-state index is -0.316. The largest absolute Gasteiger partial charge is 0.399 e. The predicted octanol–water partition coefficient (Wildman–Crippen LogP) is 2.64. The summed E-state index contributed by atoms with van der Waals surface area (Å²) < 4.78 is 5.42. The molecule has 4 nitrogen and oxygen atoms in total. The summed E-state index contributed by atoms with van der Waals surface area (Å²) in [6.45, 7) is 9.62. The molecule has 0 spiro atoms. The molecule has 0 aliphatic heterocycles. The smallest absolute Gasteiger partial charge is 0.250 e. The van der Waals surface area contributed by atoms with Gasteiger partial charge >= 0.3 is 0 Å². The highest BCUT2D eigenvalue weighted by atomic mass is 16.5. The van der Waals surface area contributed by atoms with E-state index in [-0.39, 0.29) is 18.1 Å². The van der Waals surface area contributed by atoms with Crippen molar-refractivity contribution in [1.82, 2.24) is 0 Å². The normalized spacial score (nSPS) is 11.4. The number of amides is 1. The molecule has 0 aromatic heterocycles. The van der Waals surface area contributed by atoms with Crippen molar-refractivity contribution in [3.63, 3.8) is 0 Å². The summed E-state index contributed by atoms with van der Waals surface area (Å²) in [5.74, 6) is -0.155. The zero-order chi connectivity index (χ0) is 13.9. The summed E-state index contributed by atoms with van der Waals surface area (Å²) in [5.41, 5.74) is 8.90. The van der Waals surface area contributed by atoms with Gasteiger partial charge in [-0.25, -0.2) is 0 Å². The van der Waals surface area contributed by atoms with Gasteiger partial charge < -0.3 is 15.8 Å². The molecule has 0 unspecified atom stereocenters. The summed E-state index contributed by atoms with van der Waals surface area (Å²) in [5, 5.41) is 2.83. The average Bonchev–Trinajstić information content (AvgIpc) is 2.22. The molecule has 0 fully saturated rings. The van der Waals surface area contributed by atoms with Crippen molar-refractivity contribution in [3.8, 4) is 0 Å². The highest BCUT2D eigenvalue weighted by molar-refractivity contribution is 5.92. The van der Waals surface area contributed by atoms with Crippen LogP contribution in [0.5, 0.6) is 0 Å². The number of hydrogen-bond acceptors (Lipinski definition) is 3. The average molecular weight is 250 g/mol. The third kappa shape index (κ3) is 4.37. The second-order valence-corrected chi connectivity index (χ2v) is 5.47. The maximum absolute atomic E-state index is 11.7. The van der Waals surface area contributed by atoms with Gasteiger partial charge in [0.25, 0.3) is 0 Å². The lowest BCUT2D eigenvalue weighted by molar-refractivity contribution is -0.125. The number of hydrogen-bond donors (Lipinski definition) is 2. The molecule has 3 N–H and O–H groups in total. The maximum atomic E-state index is 11.7. The highest BCUT2D eigenvalue weighted by Gasteiger charge is 2.13. The van der Waals surface area contributed by atoms with E-state index in [2.05, 4.69) is 5.32 Å². The fraction of sp³-hybridized carbons (Fsp3) is 0.500. The summed E-state index contributed by atoms with van der Waals surface area (Å²) in [6.07, 6.45) is 0. The van der Waals surface area contributed by atoms with E-state index >= 15 is 0 Å². The van der Waals surface area contributed by atoms with Crippen LogP contribution in [0.3, 0.4) is 0 Å². The second kappa shape index (κ2) is 5.40. The summed E-state index contributed by atoms with van der Waals surface area (Å²) in [6, 6.07) is 3.73. The second-order valence-electron chi connectivity index (χ2n) is 5.47. The molecule has 0 saturated heterocycles. The van der Waals surface area contributed by atoms with E-state index in [4.69, 9.17) is 10.5 Å². The van der Waals surface area contributed by atoms with Gasteiger partial charge in [-0.2, -0.15) is 0 Å². The number of anilines is 2. The van der Waals surface area contributed by atoms with Crippen molar-refractivity contribution in [2.45, 2.75) is 40.2 Å². The predicted molar refractivity (Wildman–Crippen MR) is 74.7 cm³/mol. The molecule has 0 atom stereocenters. The Hall–Kier alpha value is -1.55. The Morgan fingerprint density at radius 1 is 1.28 bits per heavy atom. The third-order valence-electron chi connectivity index (χ3n) is 2.52. The lowest BCUT2D eigenvalue weighted by atomic mass is 10.1. The lowest BCUT2D eigenvalue weighted by Gasteiger charge is -2.19. The quantitative estimate of drug-likeness (QED) is 0.810. The van der Waals surface area contributed by atoms with Gasteiger partial charge in [0, 0.05) is 11.4 Å². The molecule has 0 aliphatic rings. The number of nitrogen functional groups attached to an aromatic ring is 1. The molecule has 100 valence electrons. The van der Waals surface area contributed by atoms with E-state index in [9.17, 15) is 4.79 Å². The Bertz CT molecular complexity index is 448. The van der Waals surface area contributed by atoms with Gasteiger partial charge in [0.2, 0.25) is 5.91 Å². The van der Waals surface area contributed by atoms with E-state index in [0.29, 0.717) is 0 Å². The number of benzene rings is 1. The number of rotatable bonds is 3. The van der Waals surface area contributed by atoms with E-state index in [1.807, 2.05) is 46.8 Å². The Kier molecular flexibility index (Phi) is 4.35. The van der Waals surface area contributed by atoms with Gasteiger partial charge in [-0.15, -0.1) is 0 Å². The van der Waals surface area contributed by atoms with Crippen molar-refractivity contribution in [2.75, 3.05) is 17.7 Å². The first kappa shape index (κ1) is 14.5. The third-order valence-corrected chi connectivity index (χ3v) is 2.52. The van der Waals surface area contributed by atoms with Crippen molar-refractivity contribution < 1.29 is 9.53 Å². The van der Waals surface area contributed by atoms with Crippen LogP contribution in [0.15, 0.2) is 12.1 Å². The Morgan fingerprint density at radius 2 is 1.89 bits per heavy atom. The van der Waals surface area contributed by atoms with Gasteiger partial charge in [-0.1, -0.05) is 0 Å². The van der Waals surface area contributed by atoms with Gasteiger partial charge in [0.15, 0.2) is 0 Å². The van der Waals surface area contributed by atoms with Gasteiger partial charge in [0.05, 0.1) is 5.60 Å². The monoisotopic (exact) mass is 250 g/mol. The molecular formula is C14H22N2O2. The van der Waals surface area contributed by atoms with Crippen LogP contribution in [0.1, 0.15) is 31.9 Å². The van der Waals surface area contributed by atoms with E-state index in [1.54, 1.807) is 0 Å². The first-order valence-electron chi connectivity index (χ1n) is 5.99. The van der Waals surface area contributed by atoms with Crippen molar-refractivity contribution in [2.24, 2.45) is 0 Å². The zero-order valence-corrected chi connectivity index (χ0v) is 11.8. The van der Waals surface area contributed by atoms with Gasteiger partial charge in [-0.05, 0) is 57.9 Å². The first-order chi connectivity index (χ1) is 8.19. The number of carbonyl (C=O) groups excluding carboxylic acids is 1. The molecule has 1 amide bonds. The molecular weight excluding hydrogens is 228 g/mol. The summed E-state index contributed by atoms with van der Waals surface area (Å²) >= 11 is 0. The van der Waals surface area contributed by atoms with E-state index < -0.39 is 0 Å². The molecule has 0 heterocycles. The minimum Gasteiger partial charge on any atom is -0.399 e. The summed E-state index contributed by atoms with van der Waals surface area (Å²) in [4.78, 5) is 11.7. The molecule has 18 heavy (non-hydrogen) atoms. The maximum Gasteiger partial charge on any atom is 0.250 e. The summed E-state index contributed by atoms with van der Waals surface area (Å²) in [7, 11) is 0. The van der Waals surface area contributed by atoms with E-state index in [0.717, 1.165) is 22.5 Å². The van der Waals surface area contributed by atoms with Crippen LogP contribution in [0.4, 0.5) is 11.4 Å². The van der Waals surface area contributed by atoms with E-state index in [1.165, 1.54) is 0 Å². The van der Waals surface area contributed by atoms with Crippen molar-refractivity contribution >= 4 is 17.3 Å². The van der Waals surface area contributed by atoms with Gasteiger partial charge in [-0.3, -0.25) is 4.79 Å². The van der Waals surface area contributed by atoms with Crippen LogP contribution in [-0.2, 0) is 9.53 Å². The Morgan fingerprint density at radius 3 is 2.44 bits per heavy atom. The molecule has 0 saturated carbocycles. The molecule has 0 aliphatic carbocycles. The van der Waals surface area contributed by atoms with Crippen LogP contribution < -0.4 is 11.1 Å². The molecule has 1 rings (SSSR count). The Balaban J connectivity index is 2.68. The molecule has 4 heteroatoms. The lowest BCUT2D eigenvalue weighted by Crippen LogP contribution is -2.27. The fourth-order valence-electron chi connectivity index (χ4n) is 1.44. The standard InChI is InChI=1S/C14H22N2O2/c1-9-7-12(10(2)6-11(9)15)16-13(17)8-18-14(3,4)5/h6-7H,8,15H2,1-5H3,(H,16,17). The van der Waals surface area contributed by atoms with Crippen LogP contribution in [0, 0.1) is 13.8 Å². The number of carbonyl (C=O) groups is 1. The zero-order valence-electron chi connectivity index (χ0n) is 11.8. The van der Waals surface area contributed by atoms with Crippen molar-refractivity contribution in [3.05, 3.63) is 23.3 Å². The molecule has 0 radical (unpaired) electrons. The topological polar surface area (TPSA) is 64.3 Å².